The van der Waals surface area contributed by atoms with Gasteiger partial charge >= 0.3 is 0 Å². The van der Waals surface area contributed by atoms with Crippen LogP contribution in [0.3, 0.4) is 0 Å². The molecule has 0 aliphatic rings. The number of hydrogen-bond donors (Lipinski definition) is 0. The predicted molar refractivity (Wildman–Crippen MR) is 61.0 cm³/mol. The van der Waals surface area contributed by atoms with Gasteiger partial charge in [-0.25, -0.2) is 0 Å². The van der Waals surface area contributed by atoms with E-state index in [4.69, 9.17) is 0 Å². The highest BCUT2D eigenvalue weighted by atomic mass is 16.2. The summed E-state index contributed by atoms with van der Waals surface area (Å²) in [5.74, 6) is 0.0775. The van der Waals surface area contributed by atoms with Gasteiger partial charge in [0.15, 0.2) is 0 Å². The van der Waals surface area contributed by atoms with Crippen molar-refractivity contribution >= 4 is 5.91 Å². The van der Waals surface area contributed by atoms with Gasteiger partial charge in [0.1, 0.15) is 0 Å². The number of rotatable bonds is 3. The predicted octanol–water partition coefficient (Wildman–Crippen LogP) is 2.18. The van der Waals surface area contributed by atoms with E-state index in [0.29, 0.717) is 0 Å². The fraction of sp³-hybridized carbons (Fsp3) is 0.500. The number of nitrogens with zero attached hydrogens (tertiary/aromatic N) is 2. The Labute approximate surface area is 91.1 Å². The lowest BCUT2D eigenvalue weighted by molar-refractivity contribution is 0.0771. The summed E-state index contributed by atoms with van der Waals surface area (Å²) in [5, 5.41) is 0. The molecule has 0 unspecified atom stereocenters. The van der Waals surface area contributed by atoms with E-state index in [1.165, 1.54) is 0 Å². The Morgan fingerprint density at radius 2 is 1.93 bits per heavy atom. The Morgan fingerprint density at radius 3 is 2.47 bits per heavy atom. The van der Waals surface area contributed by atoms with Crippen LogP contribution in [0.1, 0.15) is 35.5 Å². The van der Waals surface area contributed by atoms with E-state index >= 15 is 0 Å². The normalized spacial score (nSPS) is 10.1. The maximum atomic E-state index is 12.1. The van der Waals surface area contributed by atoms with Gasteiger partial charge < -0.3 is 4.90 Å². The van der Waals surface area contributed by atoms with E-state index in [0.717, 1.165) is 29.9 Å². The monoisotopic (exact) mass is 206 g/mol. The first-order valence-corrected chi connectivity index (χ1v) is 5.32. The van der Waals surface area contributed by atoms with E-state index in [1.54, 1.807) is 6.20 Å². The van der Waals surface area contributed by atoms with Gasteiger partial charge in [-0.2, -0.15) is 0 Å². The molecule has 1 rings (SSSR count). The maximum Gasteiger partial charge on any atom is 0.255 e. The number of aryl methyl sites for hydroxylation is 2. The summed E-state index contributed by atoms with van der Waals surface area (Å²) >= 11 is 0. The van der Waals surface area contributed by atoms with Gasteiger partial charge in [-0.15, -0.1) is 0 Å². The molecular formula is C12H18N2O. The Balaban J connectivity index is 3.04. The second-order valence-electron chi connectivity index (χ2n) is 3.62. The van der Waals surface area contributed by atoms with Gasteiger partial charge in [0.2, 0.25) is 0 Å². The van der Waals surface area contributed by atoms with Gasteiger partial charge in [0, 0.05) is 25.0 Å². The molecule has 0 atom stereocenters. The van der Waals surface area contributed by atoms with Crippen molar-refractivity contribution in [3.63, 3.8) is 0 Å². The van der Waals surface area contributed by atoms with Gasteiger partial charge in [0.05, 0.1) is 5.56 Å². The summed E-state index contributed by atoms with van der Waals surface area (Å²) in [6.45, 7) is 9.27. The molecule has 3 heteroatoms. The average Bonchev–Trinajstić information content (AvgIpc) is 2.23. The zero-order chi connectivity index (χ0) is 11.4. The van der Waals surface area contributed by atoms with Crippen LogP contribution in [0, 0.1) is 13.8 Å². The van der Waals surface area contributed by atoms with E-state index in [2.05, 4.69) is 4.98 Å². The number of carbonyl (C=O) groups is 1. The fourth-order valence-electron chi connectivity index (χ4n) is 1.54. The van der Waals surface area contributed by atoms with E-state index < -0.39 is 0 Å². The van der Waals surface area contributed by atoms with Crippen LogP contribution in [0.15, 0.2) is 12.3 Å². The quantitative estimate of drug-likeness (QED) is 0.759. The molecular weight excluding hydrogens is 188 g/mol. The molecule has 1 heterocycles. The molecule has 0 fully saturated rings. The van der Waals surface area contributed by atoms with Crippen LogP contribution in [0.4, 0.5) is 0 Å². The van der Waals surface area contributed by atoms with Crippen molar-refractivity contribution in [1.82, 2.24) is 9.88 Å². The lowest BCUT2D eigenvalue weighted by Crippen LogP contribution is -2.31. The van der Waals surface area contributed by atoms with Crippen molar-refractivity contribution in [3.05, 3.63) is 29.1 Å². The fourth-order valence-corrected chi connectivity index (χ4v) is 1.54. The number of amides is 1. The van der Waals surface area contributed by atoms with E-state index in [-0.39, 0.29) is 5.91 Å². The highest BCUT2D eigenvalue weighted by Crippen LogP contribution is 2.10. The van der Waals surface area contributed by atoms with Crippen molar-refractivity contribution in [2.24, 2.45) is 0 Å². The molecule has 0 radical (unpaired) electrons. The van der Waals surface area contributed by atoms with Crippen LogP contribution in [0.5, 0.6) is 0 Å². The Kier molecular flexibility index (Phi) is 3.83. The molecule has 0 aliphatic carbocycles. The van der Waals surface area contributed by atoms with Crippen molar-refractivity contribution in [2.75, 3.05) is 13.1 Å². The Morgan fingerprint density at radius 1 is 1.33 bits per heavy atom. The zero-order valence-electron chi connectivity index (χ0n) is 9.87. The molecule has 0 bridgehead atoms. The number of carbonyl (C=O) groups excluding carboxylic acids is 1. The zero-order valence-corrected chi connectivity index (χ0v) is 9.87. The third-order valence-corrected chi connectivity index (χ3v) is 2.50. The van der Waals surface area contributed by atoms with Crippen LogP contribution in [0.25, 0.3) is 0 Å². The summed E-state index contributed by atoms with van der Waals surface area (Å²) in [4.78, 5) is 18.1. The molecule has 0 aromatic carbocycles. The molecule has 0 N–H and O–H groups in total. The SMILES string of the molecule is CCN(CC)C(=O)c1cc(C)cnc1C. The minimum atomic E-state index is 0.0775. The van der Waals surface area contributed by atoms with Gasteiger partial charge in [0.25, 0.3) is 5.91 Å². The van der Waals surface area contributed by atoms with E-state index in [1.807, 2.05) is 38.7 Å². The lowest BCUT2D eigenvalue weighted by Gasteiger charge is -2.19. The van der Waals surface area contributed by atoms with Gasteiger partial charge in [-0.1, -0.05) is 0 Å². The standard InChI is InChI=1S/C12H18N2O/c1-5-14(6-2)12(15)11-7-9(3)8-13-10(11)4/h7-8H,5-6H2,1-4H3. The molecule has 0 saturated carbocycles. The average molecular weight is 206 g/mol. The molecule has 15 heavy (non-hydrogen) atoms. The summed E-state index contributed by atoms with van der Waals surface area (Å²) in [6.07, 6.45) is 1.79. The highest BCUT2D eigenvalue weighted by molar-refractivity contribution is 5.95. The van der Waals surface area contributed by atoms with Crippen molar-refractivity contribution in [3.8, 4) is 0 Å². The van der Waals surface area contributed by atoms with E-state index in [9.17, 15) is 4.79 Å². The minimum Gasteiger partial charge on any atom is -0.339 e. The topological polar surface area (TPSA) is 33.2 Å². The molecule has 3 nitrogen and oxygen atoms in total. The third kappa shape index (κ3) is 2.55. The molecule has 0 spiro atoms. The third-order valence-electron chi connectivity index (χ3n) is 2.50. The number of hydrogen-bond acceptors (Lipinski definition) is 2. The van der Waals surface area contributed by atoms with Crippen molar-refractivity contribution in [2.45, 2.75) is 27.7 Å². The second kappa shape index (κ2) is 4.91. The Hall–Kier alpha value is -1.38. The summed E-state index contributed by atoms with van der Waals surface area (Å²) in [7, 11) is 0. The summed E-state index contributed by atoms with van der Waals surface area (Å²) in [6, 6.07) is 1.91. The van der Waals surface area contributed by atoms with Gasteiger partial charge in [-0.05, 0) is 39.3 Å². The summed E-state index contributed by atoms with van der Waals surface area (Å²) in [5.41, 5.74) is 2.55. The van der Waals surface area contributed by atoms with Crippen LogP contribution >= 0.6 is 0 Å². The summed E-state index contributed by atoms with van der Waals surface area (Å²) < 4.78 is 0. The maximum absolute atomic E-state index is 12.1. The molecule has 82 valence electrons. The molecule has 1 aromatic heterocycles. The number of aromatic nitrogens is 1. The highest BCUT2D eigenvalue weighted by Gasteiger charge is 2.15. The molecule has 0 aliphatic heterocycles. The molecule has 1 amide bonds. The van der Waals surface area contributed by atoms with Crippen LogP contribution < -0.4 is 0 Å². The Bertz CT molecular complexity index is 357. The van der Waals surface area contributed by atoms with Crippen LogP contribution in [-0.4, -0.2) is 28.9 Å². The first-order valence-electron chi connectivity index (χ1n) is 5.32. The lowest BCUT2D eigenvalue weighted by atomic mass is 10.1. The van der Waals surface area contributed by atoms with Crippen LogP contribution in [-0.2, 0) is 0 Å². The van der Waals surface area contributed by atoms with Crippen molar-refractivity contribution in [1.29, 1.82) is 0 Å². The van der Waals surface area contributed by atoms with Crippen molar-refractivity contribution < 1.29 is 4.79 Å². The second-order valence-corrected chi connectivity index (χ2v) is 3.62. The van der Waals surface area contributed by atoms with Gasteiger partial charge in [-0.3, -0.25) is 9.78 Å². The molecule has 1 aromatic rings. The first kappa shape index (κ1) is 11.7. The molecule has 0 saturated heterocycles. The minimum absolute atomic E-state index is 0.0775. The smallest absolute Gasteiger partial charge is 0.255 e. The largest absolute Gasteiger partial charge is 0.339 e. The number of pyridine rings is 1. The van der Waals surface area contributed by atoms with Crippen LogP contribution in [0.2, 0.25) is 0 Å². The first-order chi connectivity index (χ1) is 7.10.